The van der Waals surface area contributed by atoms with E-state index in [0.29, 0.717) is 12.5 Å². The summed E-state index contributed by atoms with van der Waals surface area (Å²) < 4.78 is 0. The lowest BCUT2D eigenvalue weighted by molar-refractivity contribution is -0.137. The van der Waals surface area contributed by atoms with Gasteiger partial charge in [0.15, 0.2) is 0 Å². The molecule has 0 aliphatic carbocycles. The minimum atomic E-state index is -0.669. The van der Waals surface area contributed by atoms with Gasteiger partial charge in [-0.25, -0.2) is 0 Å². The Balaban J connectivity index is 2.31. The van der Waals surface area contributed by atoms with Crippen LogP contribution < -0.4 is 0 Å². The number of aliphatic carboxylic acids is 1. The first-order chi connectivity index (χ1) is 7.24. The fourth-order valence-corrected chi connectivity index (χ4v) is 2.43. The van der Waals surface area contributed by atoms with E-state index >= 15 is 0 Å². The van der Waals surface area contributed by atoms with Crippen LogP contribution in [-0.4, -0.2) is 35.1 Å². The number of hydrogen-bond acceptors (Lipinski definition) is 2. The van der Waals surface area contributed by atoms with Crippen molar-refractivity contribution in [2.24, 2.45) is 0 Å². The Bertz CT molecular complexity index is 194. The van der Waals surface area contributed by atoms with Crippen molar-refractivity contribution in [2.45, 2.75) is 57.9 Å². The van der Waals surface area contributed by atoms with Crippen molar-refractivity contribution >= 4 is 5.97 Å². The van der Waals surface area contributed by atoms with Crippen LogP contribution in [0.5, 0.6) is 0 Å². The maximum atomic E-state index is 10.4. The average Bonchev–Trinajstić information content (AvgIpc) is 2.42. The predicted octanol–water partition coefficient (Wildman–Crippen LogP) is 2.51. The van der Waals surface area contributed by atoms with Crippen LogP contribution in [0, 0.1) is 0 Å². The maximum Gasteiger partial charge on any atom is 0.303 e. The Morgan fingerprint density at radius 3 is 2.87 bits per heavy atom. The van der Waals surface area contributed by atoms with Gasteiger partial charge in [0, 0.05) is 12.5 Å². The Kier molecular flexibility index (Phi) is 5.69. The van der Waals surface area contributed by atoms with Crippen molar-refractivity contribution in [3.63, 3.8) is 0 Å². The van der Waals surface area contributed by atoms with Gasteiger partial charge in [-0.3, -0.25) is 4.79 Å². The van der Waals surface area contributed by atoms with E-state index in [-0.39, 0.29) is 0 Å². The highest BCUT2D eigenvalue weighted by Crippen LogP contribution is 2.19. The molecule has 1 atom stereocenters. The largest absolute Gasteiger partial charge is 0.481 e. The zero-order valence-electron chi connectivity index (χ0n) is 9.74. The molecule has 15 heavy (non-hydrogen) atoms. The normalized spacial score (nSPS) is 23.7. The minimum Gasteiger partial charge on any atom is -0.481 e. The number of likely N-dealkylation sites (tertiary alicyclic amines) is 1. The summed E-state index contributed by atoms with van der Waals surface area (Å²) in [5.74, 6) is -0.669. The van der Waals surface area contributed by atoms with Gasteiger partial charge in [0.05, 0.1) is 0 Å². The lowest BCUT2D eigenvalue weighted by Crippen LogP contribution is -2.35. The van der Waals surface area contributed by atoms with Gasteiger partial charge in [-0.15, -0.1) is 0 Å². The second kappa shape index (κ2) is 6.83. The monoisotopic (exact) mass is 213 g/mol. The molecule has 0 bridgehead atoms. The first-order valence-corrected chi connectivity index (χ1v) is 6.20. The fourth-order valence-electron chi connectivity index (χ4n) is 2.43. The van der Waals surface area contributed by atoms with Crippen molar-refractivity contribution in [3.05, 3.63) is 0 Å². The Labute approximate surface area is 92.5 Å². The highest BCUT2D eigenvalue weighted by molar-refractivity contribution is 5.66. The molecule has 0 aromatic rings. The van der Waals surface area contributed by atoms with Crippen molar-refractivity contribution in [1.82, 2.24) is 4.90 Å². The second-order valence-corrected chi connectivity index (χ2v) is 4.44. The van der Waals surface area contributed by atoms with Gasteiger partial charge < -0.3 is 10.0 Å². The topological polar surface area (TPSA) is 40.5 Å². The molecule has 1 saturated heterocycles. The number of carboxylic acids is 1. The van der Waals surface area contributed by atoms with Crippen molar-refractivity contribution < 1.29 is 9.90 Å². The molecule has 88 valence electrons. The van der Waals surface area contributed by atoms with Gasteiger partial charge >= 0.3 is 5.97 Å². The molecular weight excluding hydrogens is 190 g/mol. The summed E-state index contributed by atoms with van der Waals surface area (Å²) in [6, 6.07) is 0.696. The van der Waals surface area contributed by atoms with Crippen molar-refractivity contribution in [1.29, 1.82) is 0 Å². The molecule has 1 N–H and O–H groups in total. The number of rotatable bonds is 5. The molecule has 0 radical (unpaired) electrons. The van der Waals surface area contributed by atoms with E-state index in [1.165, 1.54) is 32.1 Å². The van der Waals surface area contributed by atoms with E-state index in [4.69, 9.17) is 5.11 Å². The molecule has 1 unspecified atom stereocenters. The van der Waals surface area contributed by atoms with E-state index in [1.54, 1.807) is 0 Å². The van der Waals surface area contributed by atoms with Crippen LogP contribution in [-0.2, 0) is 4.79 Å². The van der Waals surface area contributed by atoms with E-state index in [2.05, 4.69) is 11.8 Å². The predicted molar refractivity (Wildman–Crippen MR) is 61.0 cm³/mol. The Morgan fingerprint density at radius 2 is 2.20 bits per heavy atom. The lowest BCUT2D eigenvalue weighted by atomic mass is 10.1. The van der Waals surface area contributed by atoms with E-state index in [1.807, 2.05) is 0 Å². The molecule has 3 nitrogen and oxygen atoms in total. The average molecular weight is 213 g/mol. The van der Waals surface area contributed by atoms with E-state index in [9.17, 15) is 4.79 Å². The number of hydrogen-bond donors (Lipinski definition) is 1. The lowest BCUT2D eigenvalue weighted by Gasteiger charge is -2.28. The van der Waals surface area contributed by atoms with Crippen LogP contribution in [0.3, 0.4) is 0 Å². The molecule has 0 amide bonds. The third-order valence-electron chi connectivity index (χ3n) is 3.31. The van der Waals surface area contributed by atoms with Gasteiger partial charge in [0.1, 0.15) is 0 Å². The van der Waals surface area contributed by atoms with Crippen LogP contribution in [0.1, 0.15) is 51.9 Å². The van der Waals surface area contributed by atoms with Crippen LogP contribution in [0.25, 0.3) is 0 Å². The molecule has 1 heterocycles. The molecule has 1 aliphatic rings. The minimum absolute atomic E-state index is 0.312. The SMILES string of the molecule is CCC1CCCCCN1CCCC(=O)O. The van der Waals surface area contributed by atoms with Gasteiger partial charge in [-0.1, -0.05) is 19.8 Å². The number of carboxylic acid groups (broad SMARTS) is 1. The quantitative estimate of drug-likeness (QED) is 0.763. The summed E-state index contributed by atoms with van der Waals surface area (Å²) in [7, 11) is 0. The van der Waals surface area contributed by atoms with Crippen molar-refractivity contribution in [3.8, 4) is 0 Å². The highest BCUT2D eigenvalue weighted by Gasteiger charge is 2.18. The first-order valence-electron chi connectivity index (χ1n) is 6.20. The number of nitrogens with zero attached hydrogens (tertiary/aromatic N) is 1. The zero-order valence-corrected chi connectivity index (χ0v) is 9.74. The van der Waals surface area contributed by atoms with Crippen molar-refractivity contribution in [2.75, 3.05) is 13.1 Å². The summed E-state index contributed by atoms with van der Waals surface area (Å²) in [5, 5.41) is 8.60. The standard InChI is InChI=1S/C12H23NO2/c1-2-11-7-4-3-5-9-13(11)10-6-8-12(14)15/h11H,2-10H2,1H3,(H,14,15). The van der Waals surface area contributed by atoms with Gasteiger partial charge in [0.25, 0.3) is 0 Å². The Morgan fingerprint density at radius 1 is 1.40 bits per heavy atom. The van der Waals surface area contributed by atoms with E-state index in [0.717, 1.165) is 19.5 Å². The molecule has 1 fully saturated rings. The van der Waals surface area contributed by atoms with Crippen LogP contribution in [0.4, 0.5) is 0 Å². The third-order valence-corrected chi connectivity index (χ3v) is 3.31. The summed E-state index contributed by atoms with van der Waals surface area (Å²) in [6.45, 7) is 4.36. The van der Waals surface area contributed by atoms with Crippen LogP contribution >= 0.6 is 0 Å². The van der Waals surface area contributed by atoms with Gasteiger partial charge in [-0.05, 0) is 38.8 Å². The number of carbonyl (C=O) groups is 1. The summed E-state index contributed by atoms with van der Waals surface area (Å²) in [6.07, 6.45) is 7.57. The molecule has 0 aromatic heterocycles. The first kappa shape index (κ1) is 12.5. The van der Waals surface area contributed by atoms with Gasteiger partial charge in [0.2, 0.25) is 0 Å². The fraction of sp³-hybridized carbons (Fsp3) is 0.917. The zero-order chi connectivity index (χ0) is 11.1. The second-order valence-electron chi connectivity index (χ2n) is 4.44. The van der Waals surface area contributed by atoms with Gasteiger partial charge in [-0.2, -0.15) is 0 Å². The molecule has 1 aliphatic heterocycles. The maximum absolute atomic E-state index is 10.4. The molecule has 1 rings (SSSR count). The van der Waals surface area contributed by atoms with Crippen LogP contribution in [0.2, 0.25) is 0 Å². The molecule has 0 saturated carbocycles. The molecule has 0 spiro atoms. The molecular formula is C12H23NO2. The highest BCUT2D eigenvalue weighted by atomic mass is 16.4. The summed E-state index contributed by atoms with van der Waals surface area (Å²) in [4.78, 5) is 12.9. The Hall–Kier alpha value is -0.570. The van der Waals surface area contributed by atoms with E-state index < -0.39 is 5.97 Å². The summed E-state index contributed by atoms with van der Waals surface area (Å²) >= 11 is 0. The van der Waals surface area contributed by atoms with Crippen LogP contribution in [0.15, 0.2) is 0 Å². The third kappa shape index (κ3) is 4.65. The smallest absolute Gasteiger partial charge is 0.303 e. The molecule has 3 heteroatoms. The molecule has 0 aromatic carbocycles. The summed E-state index contributed by atoms with van der Waals surface area (Å²) in [5.41, 5.74) is 0.